The molecule has 0 radical (unpaired) electrons. The first-order valence-corrected chi connectivity index (χ1v) is 9.01. The summed E-state index contributed by atoms with van der Waals surface area (Å²) in [5.74, 6) is 0.325. The van der Waals surface area contributed by atoms with Gasteiger partial charge in [0.2, 0.25) is 5.91 Å². The van der Waals surface area contributed by atoms with Crippen molar-refractivity contribution >= 4 is 17.7 Å². The predicted molar refractivity (Wildman–Crippen MR) is 92.2 cm³/mol. The van der Waals surface area contributed by atoms with Crippen LogP contribution in [-0.4, -0.2) is 71.7 Å². The second kappa shape index (κ2) is 8.97. The number of carbonyl (C=O) groups is 3. The Balaban J connectivity index is 1.61. The number of hydrogen-bond acceptors (Lipinski definition) is 4. The zero-order valence-electron chi connectivity index (χ0n) is 14.9. The molecular weight excluding hydrogens is 306 g/mol. The first kappa shape index (κ1) is 18.6. The van der Waals surface area contributed by atoms with Crippen LogP contribution in [0.15, 0.2) is 12.2 Å². The number of rotatable bonds is 8. The molecule has 2 aliphatic rings. The van der Waals surface area contributed by atoms with Gasteiger partial charge in [-0.15, -0.1) is 0 Å². The molecule has 2 rings (SSSR count). The number of hydrogen-bond donors (Lipinski definition) is 0. The molecule has 3 amide bonds. The molecule has 134 valence electrons. The third-order valence-corrected chi connectivity index (χ3v) is 4.65. The summed E-state index contributed by atoms with van der Waals surface area (Å²) in [6.07, 6.45) is 5.96. The van der Waals surface area contributed by atoms with Gasteiger partial charge in [-0.3, -0.25) is 24.2 Å². The summed E-state index contributed by atoms with van der Waals surface area (Å²) in [5.41, 5.74) is 0. The van der Waals surface area contributed by atoms with Crippen molar-refractivity contribution in [3.63, 3.8) is 0 Å². The molecule has 1 saturated heterocycles. The van der Waals surface area contributed by atoms with Crippen molar-refractivity contribution in [2.45, 2.75) is 39.5 Å². The normalized spacial score (nSPS) is 19.0. The first-order chi connectivity index (χ1) is 11.5. The highest BCUT2D eigenvalue weighted by molar-refractivity contribution is 6.12. The molecule has 0 aromatic carbocycles. The van der Waals surface area contributed by atoms with Gasteiger partial charge in [0.25, 0.3) is 11.8 Å². The molecule has 0 bridgehead atoms. The van der Waals surface area contributed by atoms with Gasteiger partial charge < -0.3 is 4.90 Å². The lowest BCUT2D eigenvalue weighted by molar-refractivity contribution is -0.138. The Bertz CT molecular complexity index is 476. The highest BCUT2D eigenvalue weighted by Gasteiger charge is 2.24. The van der Waals surface area contributed by atoms with Crippen LogP contribution in [0.25, 0.3) is 0 Å². The Morgan fingerprint density at radius 3 is 2.21 bits per heavy atom. The standard InChI is InChI=1S/C18H29N3O3/c1-15(2)5-3-9-19-11-13-20(14-12-19)16(22)6-4-10-21-17(23)7-8-18(21)24/h7-8,15H,3-6,9-14H2,1-2H3. The minimum absolute atomic E-state index is 0.129. The van der Waals surface area contributed by atoms with Crippen molar-refractivity contribution in [1.29, 1.82) is 0 Å². The van der Waals surface area contributed by atoms with E-state index in [4.69, 9.17) is 0 Å². The molecule has 6 heteroatoms. The highest BCUT2D eigenvalue weighted by atomic mass is 16.2. The van der Waals surface area contributed by atoms with Crippen molar-refractivity contribution in [1.82, 2.24) is 14.7 Å². The van der Waals surface area contributed by atoms with Crippen LogP contribution in [0.4, 0.5) is 0 Å². The monoisotopic (exact) mass is 335 g/mol. The average molecular weight is 335 g/mol. The van der Waals surface area contributed by atoms with Crippen LogP contribution in [0.1, 0.15) is 39.5 Å². The Labute approximate surface area is 144 Å². The Morgan fingerprint density at radius 1 is 1.00 bits per heavy atom. The lowest BCUT2D eigenvalue weighted by Gasteiger charge is -2.35. The SMILES string of the molecule is CC(C)CCCN1CCN(C(=O)CCCN2C(=O)C=CC2=O)CC1. The summed E-state index contributed by atoms with van der Waals surface area (Å²) in [5, 5.41) is 0. The fraction of sp³-hybridized carbons (Fsp3) is 0.722. The van der Waals surface area contributed by atoms with Gasteiger partial charge in [-0.25, -0.2) is 0 Å². The molecule has 0 N–H and O–H groups in total. The average Bonchev–Trinajstić information content (AvgIpc) is 2.87. The minimum Gasteiger partial charge on any atom is -0.340 e. The summed E-state index contributed by atoms with van der Waals surface area (Å²) in [7, 11) is 0. The van der Waals surface area contributed by atoms with Gasteiger partial charge >= 0.3 is 0 Å². The van der Waals surface area contributed by atoms with E-state index in [0.29, 0.717) is 19.4 Å². The van der Waals surface area contributed by atoms with Crippen LogP contribution >= 0.6 is 0 Å². The summed E-state index contributed by atoms with van der Waals surface area (Å²) in [6.45, 7) is 9.38. The lowest BCUT2D eigenvalue weighted by atomic mass is 10.1. The van der Waals surface area contributed by atoms with E-state index in [-0.39, 0.29) is 17.7 Å². The maximum atomic E-state index is 12.2. The van der Waals surface area contributed by atoms with E-state index in [1.54, 1.807) is 0 Å². The largest absolute Gasteiger partial charge is 0.340 e. The van der Waals surface area contributed by atoms with Crippen LogP contribution in [0.2, 0.25) is 0 Å². The van der Waals surface area contributed by atoms with Crippen molar-refractivity contribution in [2.75, 3.05) is 39.3 Å². The molecule has 0 aliphatic carbocycles. The number of carbonyl (C=O) groups excluding carboxylic acids is 3. The van der Waals surface area contributed by atoms with Gasteiger partial charge in [0.1, 0.15) is 0 Å². The second-order valence-electron chi connectivity index (χ2n) is 7.02. The quantitative estimate of drug-likeness (QED) is 0.627. The maximum absolute atomic E-state index is 12.2. The van der Waals surface area contributed by atoms with Crippen LogP contribution in [0.3, 0.4) is 0 Å². The fourth-order valence-electron chi connectivity index (χ4n) is 3.14. The van der Waals surface area contributed by atoms with Crippen molar-refractivity contribution in [3.8, 4) is 0 Å². The second-order valence-corrected chi connectivity index (χ2v) is 7.02. The van der Waals surface area contributed by atoms with Gasteiger partial charge in [-0.2, -0.15) is 0 Å². The molecule has 0 aromatic rings. The number of amides is 3. The van der Waals surface area contributed by atoms with Gasteiger partial charge in [0.15, 0.2) is 0 Å². The van der Waals surface area contributed by atoms with Gasteiger partial charge in [0.05, 0.1) is 0 Å². The predicted octanol–water partition coefficient (Wildman–Crippen LogP) is 1.27. The third kappa shape index (κ3) is 5.44. The van der Waals surface area contributed by atoms with Gasteiger partial charge in [-0.1, -0.05) is 13.8 Å². The van der Waals surface area contributed by atoms with E-state index in [2.05, 4.69) is 18.7 Å². The molecule has 0 atom stereocenters. The molecule has 2 heterocycles. The molecule has 24 heavy (non-hydrogen) atoms. The highest BCUT2D eigenvalue weighted by Crippen LogP contribution is 2.10. The Kier molecular flexibility index (Phi) is 6.97. The zero-order chi connectivity index (χ0) is 17.5. The van der Waals surface area contributed by atoms with Crippen molar-refractivity contribution < 1.29 is 14.4 Å². The Hall–Kier alpha value is -1.69. The molecule has 0 spiro atoms. The van der Waals surface area contributed by atoms with Crippen LogP contribution in [0.5, 0.6) is 0 Å². The van der Waals surface area contributed by atoms with Gasteiger partial charge in [-0.05, 0) is 31.7 Å². The molecule has 0 unspecified atom stereocenters. The number of nitrogens with zero attached hydrogens (tertiary/aromatic N) is 3. The van der Waals surface area contributed by atoms with E-state index in [1.165, 1.54) is 29.9 Å². The van der Waals surface area contributed by atoms with Crippen LogP contribution in [0, 0.1) is 5.92 Å². The van der Waals surface area contributed by atoms with Crippen LogP contribution in [-0.2, 0) is 14.4 Å². The molecule has 0 saturated carbocycles. The summed E-state index contributed by atoms with van der Waals surface area (Å²) < 4.78 is 0. The van der Waals surface area contributed by atoms with Crippen LogP contribution < -0.4 is 0 Å². The minimum atomic E-state index is -0.275. The molecule has 0 aromatic heterocycles. The van der Waals surface area contributed by atoms with E-state index in [1.807, 2.05) is 4.90 Å². The smallest absolute Gasteiger partial charge is 0.253 e. The molecule has 6 nitrogen and oxygen atoms in total. The zero-order valence-corrected chi connectivity index (χ0v) is 14.9. The van der Waals surface area contributed by atoms with E-state index in [9.17, 15) is 14.4 Å². The van der Waals surface area contributed by atoms with Crippen molar-refractivity contribution in [2.24, 2.45) is 5.92 Å². The first-order valence-electron chi connectivity index (χ1n) is 9.01. The topological polar surface area (TPSA) is 60.9 Å². The van der Waals surface area contributed by atoms with Gasteiger partial charge in [0, 0.05) is 51.3 Å². The molecule has 1 fully saturated rings. The van der Waals surface area contributed by atoms with E-state index >= 15 is 0 Å². The fourth-order valence-corrected chi connectivity index (χ4v) is 3.14. The maximum Gasteiger partial charge on any atom is 0.253 e. The lowest BCUT2D eigenvalue weighted by Crippen LogP contribution is -2.49. The Morgan fingerprint density at radius 2 is 1.62 bits per heavy atom. The summed E-state index contributed by atoms with van der Waals surface area (Å²) in [4.78, 5) is 40.7. The number of imide groups is 1. The molecular formula is C18H29N3O3. The molecule has 2 aliphatic heterocycles. The van der Waals surface area contributed by atoms with E-state index < -0.39 is 0 Å². The summed E-state index contributed by atoms with van der Waals surface area (Å²) >= 11 is 0. The third-order valence-electron chi connectivity index (χ3n) is 4.65. The number of piperazine rings is 1. The van der Waals surface area contributed by atoms with Crippen molar-refractivity contribution in [3.05, 3.63) is 12.2 Å². The van der Waals surface area contributed by atoms with E-state index in [0.717, 1.165) is 38.6 Å². The summed E-state index contributed by atoms with van der Waals surface area (Å²) in [6, 6.07) is 0.